The summed E-state index contributed by atoms with van der Waals surface area (Å²) in [4.78, 5) is 4.41. The predicted octanol–water partition coefficient (Wildman–Crippen LogP) is 3.01. The third-order valence-electron chi connectivity index (χ3n) is 3.58. The van der Waals surface area contributed by atoms with Gasteiger partial charge in [0.15, 0.2) is 0 Å². The average molecular weight is 269 g/mol. The minimum Gasteiger partial charge on any atom is -0.271 e. The molecule has 0 aliphatic heterocycles. The lowest BCUT2D eigenvalue weighted by atomic mass is 9.98. The van der Waals surface area contributed by atoms with Crippen LogP contribution in [0.4, 0.5) is 0 Å². The van der Waals surface area contributed by atoms with Crippen LogP contribution in [0, 0.1) is 13.8 Å². The van der Waals surface area contributed by atoms with Gasteiger partial charge in [-0.25, -0.2) is 0 Å². The van der Waals surface area contributed by atoms with Crippen LogP contribution in [-0.4, -0.2) is 4.98 Å². The highest BCUT2D eigenvalue weighted by Crippen LogP contribution is 2.19. The van der Waals surface area contributed by atoms with Crippen molar-refractivity contribution in [2.45, 2.75) is 39.7 Å². The van der Waals surface area contributed by atoms with Crippen LogP contribution in [0.1, 0.15) is 41.0 Å². The van der Waals surface area contributed by atoms with Gasteiger partial charge in [-0.1, -0.05) is 31.2 Å². The molecule has 0 spiro atoms. The Hall–Kier alpha value is -1.71. The Morgan fingerprint density at radius 2 is 1.60 bits per heavy atom. The molecule has 1 aromatic carbocycles. The zero-order chi connectivity index (χ0) is 14.5. The van der Waals surface area contributed by atoms with Gasteiger partial charge in [0.25, 0.3) is 0 Å². The Morgan fingerprint density at radius 3 is 2.10 bits per heavy atom. The molecule has 0 saturated carbocycles. The van der Waals surface area contributed by atoms with Crippen molar-refractivity contribution >= 4 is 0 Å². The van der Waals surface area contributed by atoms with Crippen LogP contribution in [0.15, 0.2) is 36.4 Å². The van der Waals surface area contributed by atoms with Crippen molar-refractivity contribution in [3.05, 3.63) is 64.5 Å². The highest BCUT2D eigenvalue weighted by atomic mass is 15.2. The number of nitrogens with two attached hydrogens (primary N) is 1. The number of nitrogens with zero attached hydrogens (tertiary/aromatic N) is 1. The molecule has 0 fully saturated rings. The molecule has 1 atom stereocenters. The van der Waals surface area contributed by atoms with E-state index in [1.807, 2.05) is 13.8 Å². The summed E-state index contributed by atoms with van der Waals surface area (Å²) >= 11 is 0. The van der Waals surface area contributed by atoms with E-state index >= 15 is 0 Å². The highest BCUT2D eigenvalue weighted by Gasteiger charge is 2.12. The first-order chi connectivity index (χ1) is 9.62. The zero-order valence-corrected chi connectivity index (χ0v) is 12.5. The number of benzene rings is 1. The Balaban J connectivity index is 2.19. The van der Waals surface area contributed by atoms with Crippen molar-refractivity contribution in [2.75, 3.05) is 0 Å². The number of nitrogens with one attached hydrogen (secondary N) is 1. The Kier molecular flexibility index (Phi) is 4.88. The van der Waals surface area contributed by atoms with Crippen LogP contribution in [0.25, 0.3) is 0 Å². The maximum atomic E-state index is 5.74. The van der Waals surface area contributed by atoms with E-state index in [1.54, 1.807) is 0 Å². The summed E-state index contributed by atoms with van der Waals surface area (Å²) in [5.41, 5.74) is 8.82. The Morgan fingerprint density at radius 1 is 1.05 bits per heavy atom. The number of hydrazine groups is 1. The van der Waals surface area contributed by atoms with Gasteiger partial charge in [0.1, 0.15) is 0 Å². The van der Waals surface area contributed by atoms with Gasteiger partial charge in [0.2, 0.25) is 0 Å². The first kappa shape index (κ1) is 14.7. The topological polar surface area (TPSA) is 50.9 Å². The summed E-state index contributed by atoms with van der Waals surface area (Å²) < 4.78 is 0. The molecule has 20 heavy (non-hydrogen) atoms. The van der Waals surface area contributed by atoms with Gasteiger partial charge in [-0.05, 0) is 55.5 Å². The van der Waals surface area contributed by atoms with Crippen molar-refractivity contribution in [3.8, 4) is 0 Å². The summed E-state index contributed by atoms with van der Waals surface area (Å²) in [5.74, 6) is 5.74. The number of hydrogen-bond donors (Lipinski definition) is 2. The molecule has 0 amide bonds. The lowest BCUT2D eigenvalue weighted by Gasteiger charge is -2.17. The minimum atomic E-state index is 0.114. The number of rotatable bonds is 5. The fraction of sp³-hybridized carbons (Fsp3) is 0.353. The lowest BCUT2D eigenvalue weighted by Crippen LogP contribution is -2.29. The molecular weight excluding hydrogens is 246 g/mol. The molecule has 0 radical (unpaired) electrons. The van der Waals surface area contributed by atoms with Gasteiger partial charge in [-0.3, -0.25) is 16.3 Å². The second-order valence-corrected chi connectivity index (χ2v) is 5.28. The standard InChI is InChI=1S/C17H23N3/c1-4-14-5-7-15(8-6-14)11-17(20-18)16-9-12(2)19-13(3)10-16/h5-10,17,20H,4,11,18H2,1-3H3. The van der Waals surface area contributed by atoms with Gasteiger partial charge < -0.3 is 0 Å². The fourth-order valence-corrected chi connectivity index (χ4v) is 2.49. The molecule has 0 saturated heterocycles. The SMILES string of the molecule is CCc1ccc(CC(NN)c2cc(C)nc(C)c2)cc1. The minimum absolute atomic E-state index is 0.114. The van der Waals surface area contributed by atoms with Gasteiger partial charge >= 0.3 is 0 Å². The largest absolute Gasteiger partial charge is 0.271 e. The fourth-order valence-electron chi connectivity index (χ4n) is 2.49. The molecule has 3 heteroatoms. The molecule has 1 heterocycles. The molecule has 0 aliphatic carbocycles. The zero-order valence-electron chi connectivity index (χ0n) is 12.5. The predicted molar refractivity (Wildman–Crippen MR) is 83.3 cm³/mol. The lowest BCUT2D eigenvalue weighted by molar-refractivity contribution is 0.550. The first-order valence-electron chi connectivity index (χ1n) is 7.11. The molecule has 1 aromatic heterocycles. The molecule has 3 N–H and O–H groups in total. The summed E-state index contributed by atoms with van der Waals surface area (Å²) in [6, 6.07) is 13.0. The number of pyridine rings is 1. The van der Waals surface area contributed by atoms with Gasteiger partial charge in [0, 0.05) is 11.4 Å². The van der Waals surface area contributed by atoms with Crippen LogP contribution in [0.5, 0.6) is 0 Å². The van der Waals surface area contributed by atoms with E-state index < -0.39 is 0 Å². The average Bonchev–Trinajstić information content (AvgIpc) is 2.44. The smallest absolute Gasteiger partial charge is 0.0501 e. The van der Waals surface area contributed by atoms with E-state index in [0.717, 1.165) is 24.2 Å². The molecule has 0 aliphatic rings. The molecule has 2 rings (SSSR count). The van der Waals surface area contributed by atoms with Crippen molar-refractivity contribution in [3.63, 3.8) is 0 Å². The Bertz CT molecular complexity index is 541. The van der Waals surface area contributed by atoms with Gasteiger partial charge in [-0.15, -0.1) is 0 Å². The second-order valence-electron chi connectivity index (χ2n) is 5.28. The van der Waals surface area contributed by atoms with Crippen LogP contribution < -0.4 is 11.3 Å². The van der Waals surface area contributed by atoms with E-state index in [0.29, 0.717) is 0 Å². The van der Waals surface area contributed by atoms with E-state index in [1.165, 1.54) is 16.7 Å². The maximum Gasteiger partial charge on any atom is 0.0501 e. The number of aryl methyl sites for hydroxylation is 3. The molecule has 106 valence electrons. The maximum absolute atomic E-state index is 5.74. The van der Waals surface area contributed by atoms with E-state index in [4.69, 9.17) is 5.84 Å². The van der Waals surface area contributed by atoms with Crippen molar-refractivity contribution in [2.24, 2.45) is 5.84 Å². The van der Waals surface area contributed by atoms with E-state index in [2.05, 4.69) is 53.7 Å². The monoisotopic (exact) mass is 269 g/mol. The summed E-state index contributed by atoms with van der Waals surface area (Å²) in [6.45, 7) is 6.20. The molecule has 3 nitrogen and oxygen atoms in total. The Labute approximate surface area is 121 Å². The summed E-state index contributed by atoms with van der Waals surface area (Å²) in [6.07, 6.45) is 1.95. The van der Waals surface area contributed by atoms with Crippen LogP contribution in [-0.2, 0) is 12.8 Å². The highest BCUT2D eigenvalue weighted by molar-refractivity contribution is 5.28. The molecular formula is C17H23N3. The molecule has 1 unspecified atom stereocenters. The third kappa shape index (κ3) is 3.65. The second kappa shape index (κ2) is 6.64. The number of aromatic nitrogens is 1. The summed E-state index contributed by atoms with van der Waals surface area (Å²) in [5, 5.41) is 0. The van der Waals surface area contributed by atoms with Crippen molar-refractivity contribution in [1.82, 2.24) is 10.4 Å². The summed E-state index contributed by atoms with van der Waals surface area (Å²) in [7, 11) is 0. The van der Waals surface area contributed by atoms with Crippen LogP contribution in [0.3, 0.4) is 0 Å². The normalized spacial score (nSPS) is 12.4. The molecule has 0 bridgehead atoms. The van der Waals surface area contributed by atoms with Crippen molar-refractivity contribution < 1.29 is 0 Å². The van der Waals surface area contributed by atoms with E-state index in [-0.39, 0.29) is 6.04 Å². The third-order valence-corrected chi connectivity index (χ3v) is 3.58. The van der Waals surface area contributed by atoms with Crippen LogP contribution >= 0.6 is 0 Å². The quantitative estimate of drug-likeness (QED) is 0.648. The number of hydrogen-bond acceptors (Lipinski definition) is 3. The molecule has 2 aromatic rings. The van der Waals surface area contributed by atoms with Crippen molar-refractivity contribution in [1.29, 1.82) is 0 Å². The van der Waals surface area contributed by atoms with Gasteiger partial charge in [-0.2, -0.15) is 0 Å². The van der Waals surface area contributed by atoms with Gasteiger partial charge in [0.05, 0.1) is 6.04 Å². The van der Waals surface area contributed by atoms with E-state index in [9.17, 15) is 0 Å². The first-order valence-corrected chi connectivity index (χ1v) is 7.11. The van der Waals surface area contributed by atoms with Crippen LogP contribution in [0.2, 0.25) is 0 Å².